The van der Waals surface area contributed by atoms with Crippen LogP contribution < -0.4 is 5.32 Å². The molecular formula is C17H24N4O3. The third-order valence-corrected chi connectivity index (χ3v) is 3.73. The van der Waals surface area contributed by atoms with E-state index in [1.165, 1.54) is 0 Å². The molecule has 1 unspecified atom stereocenters. The summed E-state index contributed by atoms with van der Waals surface area (Å²) in [7, 11) is 0. The molecule has 2 rings (SSSR count). The van der Waals surface area contributed by atoms with Crippen LogP contribution in [0.15, 0.2) is 28.9 Å². The molecule has 7 nitrogen and oxygen atoms in total. The van der Waals surface area contributed by atoms with E-state index in [4.69, 9.17) is 9.63 Å². The topological polar surface area (TPSA) is 101 Å². The molecule has 0 spiro atoms. The normalized spacial score (nSPS) is 12.8. The van der Waals surface area contributed by atoms with Gasteiger partial charge in [0.2, 0.25) is 17.6 Å². The quantitative estimate of drug-likeness (QED) is 0.804. The lowest BCUT2D eigenvalue weighted by Gasteiger charge is -2.31. The maximum absolute atomic E-state index is 12.1. The third kappa shape index (κ3) is 5.13. The molecule has 0 aliphatic heterocycles. The summed E-state index contributed by atoms with van der Waals surface area (Å²) in [4.78, 5) is 20.5. The number of carbonyl (C=O) groups is 1. The van der Waals surface area contributed by atoms with E-state index in [2.05, 4.69) is 20.4 Å². The maximum atomic E-state index is 12.1. The second-order valence-corrected chi connectivity index (χ2v) is 6.73. The summed E-state index contributed by atoms with van der Waals surface area (Å²) in [6.07, 6.45) is 2.80. The number of aromatic nitrogens is 3. The van der Waals surface area contributed by atoms with Crippen molar-refractivity contribution in [2.45, 2.75) is 46.1 Å². The molecule has 2 aromatic rings. The van der Waals surface area contributed by atoms with Gasteiger partial charge in [0, 0.05) is 31.7 Å². The van der Waals surface area contributed by atoms with Crippen molar-refractivity contribution < 1.29 is 14.4 Å². The molecule has 0 aromatic carbocycles. The van der Waals surface area contributed by atoms with Crippen LogP contribution in [0.3, 0.4) is 0 Å². The SMILES string of the molecule is CC(C)(C)C(CCO)NC(=O)CCc1nc(-c2ccccn2)no1. The average molecular weight is 332 g/mol. The van der Waals surface area contributed by atoms with Crippen LogP contribution in [0, 0.1) is 5.41 Å². The minimum absolute atomic E-state index is 0.0410. The van der Waals surface area contributed by atoms with Gasteiger partial charge in [0.1, 0.15) is 5.69 Å². The second kappa shape index (κ2) is 8.01. The van der Waals surface area contributed by atoms with Crippen molar-refractivity contribution in [2.75, 3.05) is 6.61 Å². The van der Waals surface area contributed by atoms with Crippen LogP contribution >= 0.6 is 0 Å². The summed E-state index contributed by atoms with van der Waals surface area (Å²) < 4.78 is 5.17. The van der Waals surface area contributed by atoms with Crippen LogP contribution in [-0.4, -0.2) is 38.8 Å². The van der Waals surface area contributed by atoms with E-state index in [9.17, 15) is 4.79 Å². The zero-order valence-corrected chi connectivity index (χ0v) is 14.3. The van der Waals surface area contributed by atoms with E-state index in [0.717, 1.165) is 0 Å². The van der Waals surface area contributed by atoms with Crippen molar-refractivity contribution in [3.8, 4) is 11.5 Å². The highest BCUT2D eigenvalue weighted by Gasteiger charge is 2.25. The van der Waals surface area contributed by atoms with E-state index in [0.29, 0.717) is 30.3 Å². The van der Waals surface area contributed by atoms with Crippen LogP contribution in [0.5, 0.6) is 0 Å². The lowest BCUT2D eigenvalue weighted by atomic mass is 9.85. The van der Waals surface area contributed by atoms with E-state index in [-0.39, 0.29) is 30.4 Å². The van der Waals surface area contributed by atoms with E-state index >= 15 is 0 Å². The van der Waals surface area contributed by atoms with Gasteiger partial charge in [-0.2, -0.15) is 4.98 Å². The Balaban J connectivity index is 1.89. The fraction of sp³-hybridized carbons (Fsp3) is 0.529. The summed E-state index contributed by atoms with van der Waals surface area (Å²) in [6, 6.07) is 5.37. The molecule has 130 valence electrons. The lowest BCUT2D eigenvalue weighted by Crippen LogP contribution is -2.44. The Hall–Kier alpha value is -2.28. The lowest BCUT2D eigenvalue weighted by molar-refractivity contribution is -0.122. The van der Waals surface area contributed by atoms with E-state index < -0.39 is 0 Å². The van der Waals surface area contributed by atoms with Crippen molar-refractivity contribution in [1.82, 2.24) is 20.4 Å². The van der Waals surface area contributed by atoms with E-state index in [1.54, 1.807) is 12.3 Å². The molecule has 0 aliphatic carbocycles. The zero-order chi connectivity index (χ0) is 17.6. The molecule has 0 aliphatic rings. The van der Waals surface area contributed by atoms with Gasteiger partial charge in [0.05, 0.1) is 0 Å². The van der Waals surface area contributed by atoms with Crippen molar-refractivity contribution >= 4 is 5.91 Å². The van der Waals surface area contributed by atoms with Crippen molar-refractivity contribution in [2.24, 2.45) is 5.41 Å². The van der Waals surface area contributed by atoms with Crippen molar-refractivity contribution in [3.05, 3.63) is 30.3 Å². The Labute approximate surface area is 141 Å². The Kier molecular flexibility index (Phi) is 6.03. The molecular weight excluding hydrogens is 308 g/mol. The molecule has 2 aromatic heterocycles. The Morgan fingerprint density at radius 3 is 2.79 bits per heavy atom. The van der Waals surface area contributed by atoms with Gasteiger partial charge >= 0.3 is 0 Å². The van der Waals surface area contributed by atoms with Gasteiger partial charge in [-0.1, -0.05) is 32.0 Å². The maximum Gasteiger partial charge on any atom is 0.227 e. The highest BCUT2D eigenvalue weighted by Crippen LogP contribution is 2.21. The molecule has 2 heterocycles. The Morgan fingerprint density at radius 2 is 2.17 bits per heavy atom. The first kappa shape index (κ1) is 18.1. The van der Waals surface area contributed by atoms with Gasteiger partial charge in [-0.3, -0.25) is 9.78 Å². The van der Waals surface area contributed by atoms with Crippen LogP contribution in [0.25, 0.3) is 11.5 Å². The largest absolute Gasteiger partial charge is 0.396 e. The van der Waals surface area contributed by atoms with Gasteiger partial charge < -0.3 is 14.9 Å². The molecule has 1 atom stereocenters. The minimum Gasteiger partial charge on any atom is -0.396 e. The number of nitrogens with one attached hydrogen (secondary N) is 1. The number of hydrogen-bond acceptors (Lipinski definition) is 6. The van der Waals surface area contributed by atoms with Crippen LogP contribution in [0.1, 0.15) is 39.5 Å². The Morgan fingerprint density at radius 1 is 1.38 bits per heavy atom. The number of amides is 1. The zero-order valence-electron chi connectivity index (χ0n) is 14.3. The molecule has 0 radical (unpaired) electrons. The number of aliphatic hydroxyl groups excluding tert-OH is 1. The first-order valence-electron chi connectivity index (χ1n) is 8.04. The number of pyridine rings is 1. The van der Waals surface area contributed by atoms with Crippen molar-refractivity contribution in [1.29, 1.82) is 0 Å². The number of hydrogen-bond donors (Lipinski definition) is 2. The van der Waals surface area contributed by atoms with Gasteiger partial charge in [-0.05, 0) is 24.0 Å². The summed E-state index contributed by atoms with van der Waals surface area (Å²) in [5, 5.41) is 16.0. The van der Waals surface area contributed by atoms with Gasteiger partial charge in [-0.25, -0.2) is 0 Å². The second-order valence-electron chi connectivity index (χ2n) is 6.73. The summed E-state index contributed by atoms with van der Waals surface area (Å²) in [6.45, 7) is 6.14. The van der Waals surface area contributed by atoms with Gasteiger partial charge in [-0.15, -0.1) is 0 Å². The molecule has 0 saturated carbocycles. The molecule has 0 bridgehead atoms. The molecule has 2 N–H and O–H groups in total. The van der Waals surface area contributed by atoms with E-state index in [1.807, 2.05) is 32.9 Å². The predicted octanol–water partition coefficient (Wildman–Crippen LogP) is 1.98. The molecule has 24 heavy (non-hydrogen) atoms. The van der Waals surface area contributed by atoms with Crippen molar-refractivity contribution in [3.63, 3.8) is 0 Å². The minimum atomic E-state index is -0.116. The predicted molar refractivity (Wildman–Crippen MR) is 88.9 cm³/mol. The highest BCUT2D eigenvalue weighted by atomic mass is 16.5. The first-order valence-corrected chi connectivity index (χ1v) is 8.04. The molecule has 0 fully saturated rings. The molecule has 0 saturated heterocycles. The Bertz CT molecular complexity index is 649. The fourth-order valence-electron chi connectivity index (χ4n) is 2.29. The van der Waals surface area contributed by atoms with Gasteiger partial charge in [0.15, 0.2) is 0 Å². The van der Waals surface area contributed by atoms with Crippen LogP contribution in [-0.2, 0) is 11.2 Å². The monoisotopic (exact) mass is 332 g/mol. The van der Waals surface area contributed by atoms with Crippen LogP contribution in [0.4, 0.5) is 0 Å². The summed E-state index contributed by atoms with van der Waals surface area (Å²) >= 11 is 0. The standard InChI is InChI=1S/C17H24N4O3/c1-17(2,3)13(9-11-22)19-14(23)7-8-15-20-16(21-24-15)12-6-4-5-10-18-12/h4-6,10,13,22H,7-9,11H2,1-3H3,(H,19,23). The number of aryl methyl sites for hydroxylation is 1. The molecule has 7 heteroatoms. The van der Waals surface area contributed by atoms with Gasteiger partial charge in [0.25, 0.3) is 0 Å². The smallest absolute Gasteiger partial charge is 0.227 e. The molecule has 1 amide bonds. The number of aliphatic hydroxyl groups is 1. The third-order valence-electron chi connectivity index (χ3n) is 3.73. The summed E-state index contributed by atoms with van der Waals surface area (Å²) in [5.74, 6) is 0.722. The number of carbonyl (C=O) groups excluding carboxylic acids is 1. The van der Waals surface area contributed by atoms with Crippen LogP contribution in [0.2, 0.25) is 0 Å². The number of rotatable bonds is 7. The first-order chi connectivity index (χ1) is 11.4. The fourth-order valence-corrected chi connectivity index (χ4v) is 2.29. The average Bonchev–Trinajstić information content (AvgIpc) is 3.01. The number of nitrogens with zero attached hydrogens (tertiary/aromatic N) is 3. The highest BCUT2D eigenvalue weighted by molar-refractivity contribution is 5.76. The summed E-state index contributed by atoms with van der Waals surface area (Å²) in [5.41, 5.74) is 0.516.